The summed E-state index contributed by atoms with van der Waals surface area (Å²) < 4.78 is 4.05. The predicted molar refractivity (Wildman–Crippen MR) is 92.3 cm³/mol. The first-order valence-corrected chi connectivity index (χ1v) is 8.03. The molecule has 4 aromatic rings. The number of fused-ring (bicyclic) bond motifs is 1. The van der Waals surface area contributed by atoms with E-state index in [4.69, 9.17) is 0 Å². The molecule has 0 amide bonds. The maximum absolute atomic E-state index is 4.61. The molecule has 24 heavy (non-hydrogen) atoms. The van der Waals surface area contributed by atoms with E-state index >= 15 is 0 Å². The van der Waals surface area contributed by atoms with Crippen LogP contribution in [0.2, 0.25) is 0 Å². The average molecular weight is 318 g/mol. The summed E-state index contributed by atoms with van der Waals surface area (Å²) in [6.07, 6.45) is 10.3. The number of aromatic nitrogens is 6. The molecule has 0 radical (unpaired) electrons. The van der Waals surface area contributed by atoms with Crippen molar-refractivity contribution in [3.8, 4) is 11.4 Å². The fourth-order valence-corrected chi connectivity index (χ4v) is 3.03. The van der Waals surface area contributed by atoms with E-state index in [1.54, 1.807) is 6.20 Å². The first-order chi connectivity index (χ1) is 11.8. The lowest BCUT2D eigenvalue weighted by atomic mass is 10.0. The maximum Gasteiger partial charge on any atom is 0.140 e. The second-order valence-corrected chi connectivity index (χ2v) is 5.79. The first-order valence-electron chi connectivity index (χ1n) is 8.03. The average Bonchev–Trinajstić information content (AvgIpc) is 3.27. The summed E-state index contributed by atoms with van der Waals surface area (Å²) in [5, 5.41) is 8.98. The molecule has 0 spiro atoms. The van der Waals surface area contributed by atoms with Crippen LogP contribution in [-0.2, 0) is 13.1 Å². The number of aryl methyl sites for hydroxylation is 3. The highest BCUT2D eigenvalue weighted by molar-refractivity contribution is 5.94. The molecule has 0 atom stereocenters. The summed E-state index contributed by atoms with van der Waals surface area (Å²) in [7, 11) is 0. The van der Waals surface area contributed by atoms with Gasteiger partial charge in [-0.1, -0.05) is 17.3 Å². The highest BCUT2D eigenvalue weighted by Crippen LogP contribution is 2.30. The SMILES string of the molecule is Cc1ccc2ncccc2c1-c1nccn1CCCn1ccnn1. The number of imidazole rings is 1. The molecule has 0 N–H and O–H groups in total. The summed E-state index contributed by atoms with van der Waals surface area (Å²) in [5.74, 6) is 0.990. The lowest BCUT2D eigenvalue weighted by molar-refractivity contribution is 0.516. The van der Waals surface area contributed by atoms with Crippen LogP contribution in [0.15, 0.2) is 55.2 Å². The van der Waals surface area contributed by atoms with E-state index in [2.05, 4.69) is 50.0 Å². The van der Waals surface area contributed by atoms with Gasteiger partial charge >= 0.3 is 0 Å². The Morgan fingerprint density at radius 2 is 1.92 bits per heavy atom. The molecule has 1 aromatic carbocycles. The van der Waals surface area contributed by atoms with Crippen molar-refractivity contribution >= 4 is 10.9 Å². The van der Waals surface area contributed by atoms with Gasteiger partial charge in [-0.2, -0.15) is 0 Å². The van der Waals surface area contributed by atoms with Crippen LogP contribution >= 0.6 is 0 Å². The van der Waals surface area contributed by atoms with Crippen molar-refractivity contribution in [2.24, 2.45) is 0 Å². The molecule has 3 heterocycles. The Balaban J connectivity index is 1.66. The van der Waals surface area contributed by atoms with Crippen LogP contribution in [0.5, 0.6) is 0 Å². The number of benzene rings is 1. The molecule has 3 aromatic heterocycles. The van der Waals surface area contributed by atoms with Crippen molar-refractivity contribution in [2.45, 2.75) is 26.4 Å². The predicted octanol–water partition coefficient (Wildman–Crippen LogP) is 3.09. The molecular formula is C18H18N6. The van der Waals surface area contributed by atoms with E-state index in [0.717, 1.165) is 41.8 Å². The van der Waals surface area contributed by atoms with Gasteiger partial charge in [-0.15, -0.1) is 5.10 Å². The Kier molecular flexibility index (Phi) is 3.78. The molecule has 6 heteroatoms. The molecule has 0 aliphatic heterocycles. The standard InChI is InChI=1S/C18H18N6/c1-14-5-6-16-15(4-2-7-19-16)17(14)18-20-8-12-23(18)10-3-11-24-13-9-21-22-24/h2,4-9,12-13H,3,10-11H2,1H3. The van der Waals surface area contributed by atoms with Gasteiger partial charge in [0.05, 0.1) is 11.7 Å². The molecule has 4 rings (SSSR count). The Morgan fingerprint density at radius 1 is 0.958 bits per heavy atom. The summed E-state index contributed by atoms with van der Waals surface area (Å²) in [4.78, 5) is 9.08. The normalized spacial score (nSPS) is 11.2. The van der Waals surface area contributed by atoms with Gasteiger partial charge in [-0.05, 0) is 31.0 Å². The fraction of sp³-hybridized carbons (Fsp3) is 0.222. The summed E-state index contributed by atoms with van der Waals surface area (Å²) in [6, 6.07) is 8.26. The third-order valence-electron chi connectivity index (χ3n) is 4.19. The molecule has 0 aliphatic carbocycles. The largest absolute Gasteiger partial charge is 0.331 e. The second kappa shape index (κ2) is 6.23. The van der Waals surface area contributed by atoms with Crippen LogP contribution in [-0.4, -0.2) is 29.5 Å². The van der Waals surface area contributed by atoms with Crippen LogP contribution in [0.25, 0.3) is 22.3 Å². The van der Waals surface area contributed by atoms with E-state index in [1.165, 1.54) is 5.56 Å². The van der Waals surface area contributed by atoms with E-state index in [9.17, 15) is 0 Å². The zero-order valence-electron chi connectivity index (χ0n) is 13.5. The number of rotatable bonds is 5. The van der Waals surface area contributed by atoms with Gasteiger partial charge in [0.2, 0.25) is 0 Å². The van der Waals surface area contributed by atoms with Gasteiger partial charge in [0, 0.05) is 48.8 Å². The Labute approximate surface area is 139 Å². The molecule has 0 bridgehead atoms. The second-order valence-electron chi connectivity index (χ2n) is 5.79. The molecule has 0 saturated heterocycles. The van der Waals surface area contributed by atoms with Crippen LogP contribution in [0.3, 0.4) is 0 Å². The lowest BCUT2D eigenvalue weighted by Gasteiger charge is -2.12. The Morgan fingerprint density at radius 3 is 2.79 bits per heavy atom. The summed E-state index contributed by atoms with van der Waals surface area (Å²) in [6.45, 7) is 3.84. The maximum atomic E-state index is 4.61. The van der Waals surface area contributed by atoms with Gasteiger partial charge < -0.3 is 4.57 Å². The Bertz CT molecular complexity index is 955. The monoisotopic (exact) mass is 318 g/mol. The van der Waals surface area contributed by atoms with E-state index in [1.807, 2.05) is 35.5 Å². The first kappa shape index (κ1) is 14.6. The number of hydrogen-bond donors (Lipinski definition) is 0. The van der Waals surface area contributed by atoms with Crippen LogP contribution in [0.1, 0.15) is 12.0 Å². The van der Waals surface area contributed by atoms with Gasteiger partial charge in [0.1, 0.15) is 5.82 Å². The van der Waals surface area contributed by atoms with Crippen molar-refractivity contribution < 1.29 is 0 Å². The third kappa shape index (κ3) is 2.67. The minimum atomic E-state index is 0.841. The quantitative estimate of drug-likeness (QED) is 0.567. The van der Waals surface area contributed by atoms with E-state index < -0.39 is 0 Å². The van der Waals surface area contributed by atoms with Crippen LogP contribution in [0, 0.1) is 6.92 Å². The van der Waals surface area contributed by atoms with Crippen molar-refractivity contribution in [1.82, 2.24) is 29.5 Å². The van der Waals surface area contributed by atoms with Crippen LogP contribution < -0.4 is 0 Å². The number of hydrogen-bond acceptors (Lipinski definition) is 4. The zero-order chi connectivity index (χ0) is 16.4. The van der Waals surface area contributed by atoms with Crippen molar-refractivity contribution in [1.29, 1.82) is 0 Å². The molecular weight excluding hydrogens is 300 g/mol. The molecule has 0 fully saturated rings. The van der Waals surface area contributed by atoms with Gasteiger partial charge in [0.25, 0.3) is 0 Å². The summed E-state index contributed by atoms with van der Waals surface area (Å²) in [5.41, 5.74) is 3.36. The highest BCUT2D eigenvalue weighted by atomic mass is 15.4. The number of pyridine rings is 1. The van der Waals surface area contributed by atoms with Gasteiger partial charge in [-0.3, -0.25) is 9.67 Å². The molecule has 0 unspecified atom stereocenters. The molecule has 0 saturated carbocycles. The van der Waals surface area contributed by atoms with E-state index in [-0.39, 0.29) is 0 Å². The van der Waals surface area contributed by atoms with Crippen molar-refractivity contribution in [3.05, 3.63) is 60.8 Å². The topological polar surface area (TPSA) is 61.4 Å². The van der Waals surface area contributed by atoms with Crippen molar-refractivity contribution in [2.75, 3.05) is 0 Å². The highest BCUT2D eigenvalue weighted by Gasteiger charge is 2.13. The minimum Gasteiger partial charge on any atom is -0.331 e. The zero-order valence-corrected chi connectivity index (χ0v) is 13.5. The van der Waals surface area contributed by atoms with Gasteiger partial charge in [0.15, 0.2) is 0 Å². The molecule has 0 aliphatic rings. The minimum absolute atomic E-state index is 0.841. The molecule has 6 nitrogen and oxygen atoms in total. The lowest BCUT2D eigenvalue weighted by Crippen LogP contribution is -2.06. The number of nitrogens with zero attached hydrogens (tertiary/aromatic N) is 6. The summed E-state index contributed by atoms with van der Waals surface area (Å²) >= 11 is 0. The third-order valence-corrected chi connectivity index (χ3v) is 4.19. The van der Waals surface area contributed by atoms with Crippen molar-refractivity contribution in [3.63, 3.8) is 0 Å². The Hall–Kier alpha value is -3.02. The van der Waals surface area contributed by atoms with E-state index in [0.29, 0.717) is 0 Å². The molecule has 120 valence electrons. The van der Waals surface area contributed by atoms with Crippen LogP contribution in [0.4, 0.5) is 0 Å². The smallest absolute Gasteiger partial charge is 0.140 e. The van der Waals surface area contributed by atoms with Gasteiger partial charge in [-0.25, -0.2) is 4.98 Å². The fourth-order valence-electron chi connectivity index (χ4n) is 3.03.